The molecule has 1 heterocycles. The average Bonchev–Trinajstić information content (AvgIpc) is 2.80. The maximum Gasteiger partial charge on any atom is 0.253 e. The molecule has 2 N–H and O–H groups in total. The summed E-state index contributed by atoms with van der Waals surface area (Å²) in [4.78, 5) is 17.8. The van der Waals surface area contributed by atoms with Gasteiger partial charge in [-0.05, 0) is 72.6 Å². The summed E-state index contributed by atoms with van der Waals surface area (Å²) in [6.45, 7) is 3.00. The minimum atomic E-state index is -0.105. The standard InChI is InChI=1S/C26H25N3O2S/c1-18-8-13-24-20(14-18)15-21(25(30)28-24)17-29(16-19-6-4-3-5-7-19)26(32)27-22-9-11-23(31-2)12-10-22/h3-15H,16-17H2,1-2H3,(H,27,32)(H,28,30). The molecule has 0 spiro atoms. The maximum absolute atomic E-state index is 12.8. The molecule has 4 aromatic rings. The lowest BCUT2D eigenvalue weighted by Crippen LogP contribution is -2.35. The SMILES string of the molecule is COc1ccc(NC(=S)N(Cc2ccccc2)Cc2cc3cc(C)ccc3[nH]c2=O)cc1. The second-order valence-corrected chi connectivity index (χ2v) is 8.10. The smallest absolute Gasteiger partial charge is 0.253 e. The Labute approximate surface area is 192 Å². The molecule has 0 saturated carbocycles. The number of H-pyrrole nitrogens is 1. The monoisotopic (exact) mass is 443 g/mol. The molecule has 0 aliphatic rings. The van der Waals surface area contributed by atoms with Crippen molar-refractivity contribution in [3.8, 4) is 5.75 Å². The Hall–Kier alpha value is -3.64. The molecule has 0 unspecified atom stereocenters. The van der Waals surface area contributed by atoms with Gasteiger partial charge in [-0.15, -0.1) is 0 Å². The van der Waals surface area contributed by atoms with Gasteiger partial charge in [-0.25, -0.2) is 0 Å². The van der Waals surface area contributed by atoms with Gasteiger partial charge >= 0.3 is 0 Å². The van der Waals surface area contributed by atoms with Crippen LogP contribution in [-0.4, -0.2) is 22.1 Å². The van der Waals surface area contributed by atoms with Crippen molar-refractivity contribution >= 4 is 33.9 Å². The van der Waals surface area contributed by atoms with Crippen LogP contribution in [0.2, 0.25) is 0 Å². The summed E-state index contributed by atoms with van der Waals surface area (Å²) in [5.41, 5.74) is 4.51. The molecule has 1 aromatic heterocycles. The number of aromatic amines is 1. The minimum absolute atomic E-state index is 0.105. The van der Waals surface area contributed by atoms with Crippen LogP contribution in [-0.2, 0) is 13.1 Å². The van der Waals surface area contributed by atoms with E-state index in [-0.39, 0.29) is 5.56 Å². The number of nitrogens with one attached hydrogen (secondary N) is 2. The molecular weight excluding hydrogens is 418 g/mol. The van der Waals surface area contributed by atoms with Crippen LogP contribution in [0.15, 0.2) is 83.7 Å². The van der Waals surface area contributed by atoms with Gasteiger partial charge in [-0.3, -0.25) is 4.79 Å². The first-order valence-electron chi connectivity index (χ1n) is 10.4. The van der Waals surface area contributed by atoms with Crippen molar-refractivity contribution in [1.29, 1.82) is 0 Å². The van der Waals surface area contributed by atoms with Crippen LogP contribution in [0.25, 0.3) is 10.9 Å². The second-order valence-electron chi connectivity index (χ2n) is 7.71. The van der Waals surface area contributed by atoms with Crippen LogP contribution in [0.3, 0.4) is 0 Å². The molecule has 3 aromatic carbocycles. The number of pyridine rings is 1. The molecule has 4 rings (SSSR count). The summed E-state index contributed by atoms with van der Waals surface area (Å²) < 4.78 is 5.23. The summed E-state index contributed by atoms with van der Waals surface area (Å²) in [7, 11) is 1.64. The first-order valence-corrected chi connectivity index (χ1v) is 10.8. The van der Waals surface area contributed by atoms with Crippen LogP contribution in [0, 0.1) is 6.92 Å². The predicted octanol–water partition coefficient (Wildman–Crippen LogP) is 5.24. The molecule has 0 atom stereocenters. The van der Waals surface area contributed by atoms with Crippen molar-refractivity contribution in [3.05, 3.63) is 106 Å². The predicted molar refractivity (Wildman–Crippen MR) is 134 cm³/mol. The molecule has 0 aliphatic heterocycles. The van der Waals surface area contributed by atoms with Crippen LogP contribution in [0.5, 0.6) is 5.75 Å². The molecule has 0 fully saturated rings. The normalized spacial score (nSPS) is 10.7. The number of hydrogen-bond acceptors (Lipinski definition) is 3. The average molecular weight is 444 g/mol. The molecule has 32 heavy (non-hydrogen) atoms. The van der Waals surface area contributed by atoms with E-state index in [2.05, 4.69) is 28.5 Å². The van der Waals surface area contributed by atoms with Crippen LogP contribution in [0.1, 0.15) is 16.7 Å². The number of ether oxygens (including phenoxy) is 1. The molecule has 0 aliphatic carbocycles. The van der Waals surface area contributed by atoms with Gasteiger partial charge in [-0.2, -0.15) is 0 Å². The number of rotatable bonds is 6. The van der Waals surface area contributed by atoms with Crippen LogP contribution in [0.4, 0.5) is 5.69 Å². The van der Waals surface area contributed by atoms with Gasteiger partial charge in [0.2, 0.25) is 0 Å². The fourth-order valence-electron chi connectivity index (χ4n) is 3.57. The number of hydrogen-bond donors (Lipinski definition) is 2. The summed E-state index contributed by atoms with van der Waals surface area (Å²) in [5, 5.41) is 4.84. The van der Waals surface area contributed by atoms with E-state index in [9.17, 15) is 4.79 Å². The third-order valence-corrected chi connectivity index (χ3v) is 5.64. The zero-order valence-electron chi connectivity index (χ0n) is 18.1. The van der Waals surface area contributed by atoms with E-state index in [0.717, 1.165) is 33.5 Å². The number of methoxy groups -OCH3 is 1. The third kappa shape index (κ3) is 5.15. The van der Waals surface area contributed by atoms with E-state index >= 15 is 0 Å². The summed E-state index contributed by atoms with van der Waals surface area (Å²) in [5.74, 6) is 0.778. The van der Waals surface area contributed by atoms with Gasteiger partial charge in [0.25, 0.3) is 5.56 Å². The van der Waals surface area contributed by atoms with Gasteiger partial charge < -0.3 is 19.9 Å². The van der Waals surface area contributed by atoms with Crippen molar-refractivity contribution in [1.82, 2.24) is 9.88 Å². The van der Waals surface area contributed by atoms with Crippen LogP contribution < -0.4 is 15.6 Å². The highest BCUT2D eigenvalue weighted by Gasteiger charge is 2.15. The van der Waals surface area contributed by atoms with Crippen LogP contribution >= 0.6 is 12.2 Å². The molecule has 6 heteroatoms. The number of anilines is 1. The molecule has 0 bridgehead atoms. The number of aryl methyl sites for hydroxylation is 1. The lowest BCUT2D eigenvalue weighted by molar-refractivity contribution is 0.411. The fraction of sp³-hybridized carbons (Fsp3) is 0.154. The van der Waals surface area contributed by atoms with Gasteiger partial charge in [0.1, 0.15) is 5.75 Å². The lowest BCUT2D eigenvalue weighted by atomic mass is 10.1. The highest BCUT2D eigenvalue weighted by molar-refractivity contribution is 7.80. The van der Waals surface area contributed by atoms with E-state index < -0.39 is 0 Å². The van der Waals surface area contributed by atoms with Gasteiger partial charge in [0, 0.05) is 23.3 Å². The Morgan fingerprint density at radius 1 is 1.00 bits per heavy atom. The molecule has 0 radical (unpaired) electrons. The van der Waals surface area contributed by atoms with E-state index in [1.807, 2.05) is 72.5 Å². The largest absolute Gasteiger partial charge is 0.497 e. The van der Waals surface area contributed by atoms with Gasteiger partial charge in [0.05, 0.1) is 13.7 Å². The minimum Gasteiger partial charge on any atom is -0.497 e. The summed E-state index contributed by atoms with van der Waals surface area (Å²) in [6.07, 6.45) is 0. The Morgan fingerprint density at radius 2 is 1.75 bits per heavy atom. The summed E-state index contributed by atoms with van der Waals surface area (Å²) in [6, 6.07) is 25.6. The maximum atomic E-state index is 12.8. The second kappa shape index (κ2) is 9.66. The Kier molecular flexibility index (Phi) is 6.52. The topological polar surface area (TPSA) is 57.4 Å². The number of aromatic nitrogens is 1. The van der Waals surface area contributed by atoms with E-state index in [0.29, 0.717) is 23.8 Å². The zero-order chi connectivity index (χ0) is 22.5. The van der Waals surface area contributed by atoms with Crippen molar-refractivity contribution in [3.63, 3.8) is 0 Å². The Balaban J connectivity index is 1.62. The number of thiocarbonyl (C=S) groups is 1. The number of benzene rings is 3. The highest BCUT2D eigenvalue weighted by Crippen LogP contribution is 2.18. The zero-order valence-corrected chi connectivity index (χ0v) is 18.9. The number of nitrogens with zero attached hydrogens (tertiary/aromatic N) is 1. The summed E-state index contributed by atoms with van der Waals surface area (Å²) >= 11 is 5.75. The van der Waals surface area contributed by atoms with E-state index in [1.165, 1.54) is 0 Å². The van der Waals surface area contributed by atoms with Gasteiger partial charge in [0.15, 0.2) is 5.11 Å². The molecule has 5 nitrogen and oxygen atoms in total. The first-order chi connectivity index (χ1) is 15.5. The van der Waals surface area contributed by atoms with Crippen molar-refractivity contribution < 1.29 is 4.74 Å². The van der Waals surface area contributed by atoms with Crippen molar-refractivity contribution in [2.45, 2.75) is 20.0 Å². The molecular formula is C26H25N3O2S. The van der Waals surface area contributed by atoms with E-state index in [1.54, 1.807) is 7.11 Å². The fourth-order valence-corrected chi connectivity index (χ4v) is 3.82. The molecule has 162 valence electrons. The Bertz CT molecular complexity index is 1280. The number of fused-ring (bicyclic) bond motifs is 1. The van der Waals surface area contributed by atoms with E-state index in [4.69, 9.17) is 17.0 Å². The molecule has 0 saturated heterocycles. The third-order valence-electron chi connectivity index (χ3n) is 5.28. The quantitative estimate of drug-likeness (QED) is 0.399. The van der Waals surface area contributed by atoms with Gasteiger partial charge in [-0.1, -0.05) is 42.0 Å². The Morgan fingerprint density at radius 3 is 2.47 bits per heavy atom. The highest BCUT2D eigenvalue weighted by atomic mass is 32.1. The molecule has 0 amide bonds. The lowest BCUT2D eigenvalue weighted by Gasteiger charge is -2.26. The first kappa shape index (κ1) is 21.6. The van der Waals surface area contributed by atoms with Crippen molar-refractivity contribution in [2.75, 3.05) is 12.4 Å². The van der Waals surface area contributed by atoms with Crippen molar-refractivity contribution in [2.24, 2.45) is 0 Å².